The largest absolute Gasteiger partial charge is 0.494 e. The van der Waals surface area contributed by atoms with Gasteiger partial charge in [-0.15, -0.1) is 11.3 Å². The number of anilines is 1. The van der Waals surface area contributed by atoms with E-state index < -0.39 is 0 Å². The van der Waals surface area contributed by atoms with Crippen molar-refractivity contribution in [1.82, 2.24) is 0 Å². The highest BCUT2D eigenvalue weighted by Crippen LogP contribution is 2.36. The minimum Gasteiger partial charge on any atom is -0.494 e. The summed E-state index contributed by atoms with van der Waals surface area (Å²) in [6.45, 7) is 2.57. The number of nitrogen functional groups attached to an aromatic ring is 1. The Morgan fingerprint density at radius 3 is 3.00 bits per heavy atom. The molecule has 2 aromatic rings. The summed E-state index contributed by atoms with van der Waals surface area (Å²) in [5, 5.41) is 3.57. The Balaban J connectivity index is 2.63. The Bertz CT molecular complexity index is 466. The lowest BCUT2D eigenvalue weighted by Gasteiger charge is -2.04. The van der Waals surface area contributed by atoms with Crippen molar-refractivity contribution in [3.8, 4) is 5.75 Å². The molecular weight excluding hydrogens is 218 g/mol. The minimum atomic E-state index is 0.631. The molecule has 0 aliphatic heterocycles. The summed E-state index contributed by atoms with van der Waals surface area (Å²) in [6.07, 6.45) is 0. The van der Waals surface area contributed by atoms with E-state index in [-0.39, 0.29) is 0 Å². The summed E-state index contributed by atoms with van der Waals surface area (Å²) in [5.41, 5.74) is 6.56. The molecule has 74 valence electrons. The third kappa shape index (κ3) is 1.53. The molecule has 0 spiro atoms. The number of hydrogen-bond acceptors (Lipinski definition) is 3. The molecule has 0 aliphatic carbocycles. The van der Waals surface area contributed by atoms with E-state index in [9.17, 15) is 0 Å². The zero-order valence-corrected chi connectivity index (χ0v) is 9.28. The molecule has 0 saturated carbocycles. The Kier molecular flexibility index (Phi) is 2.52. The molecular formula is C10H10ClNOS. The fourth-order valence-electron chi connectivity index (χ4n) is 1.34. The summed E-state index contributed by atoms with van der Waals surface area (Å²) in [5.74, 6) is 0.773. The molecule has 1 aromatic carbocycles. The van der Waals surface area contributed by atoms with E-state index in [1.165, 1.54) is 0 Å². The highest BCUT2D eigenvalue weighted by molar-refractivity contribution is 7.18. The van der Waals surface area contributed by atoms with E-state index in [0.717, 1.165) is 21.5 Å². The second kappa shape index (κ2) is 3.67. The highest BCUT2D eigenvalue weighted by Gasteiger charge is 2.07. The van der Waals surface area contributed by atoms with Gasteiger partial charge in [0.2, 0.25) is 0 Å². The van der Waals surface area contributed by atoms with Gasteiger partial charge in [-0.3, -0.25) is 0 Å². The molecule has 0 saturated heterocycles. The van der Waals surface area contributed by atoms with Gasteiger partial charge in [0.1, 0.15) is 5.75 Å². The van der Waals surface area contributed by atoms with Crippen molar-refractivity contribution in [3.63, 3.8) is 0 Å². The number of halogens is 1. The van der Waals surface area contributed by atoms with Crippen LogP contribution in [0.5, 0.6) is 5.75 Å². The van der Waals surface area contributed by atoms with Crippen molar-refractivity contribution in [3.05, 3.63) is 22.5 Å². The molecule has 4 heteroatoms. The average Bonchev–Trinajstić information content (AvgIpc) is 2.49. The normalized spacial score (nSPS) is 10.7. The van der Waals surface area contributed by atoms with Crippen LogP contribution >= 0.6 is 22.9 Å². The Morgan fingerprint density at radius 2 is 2.29 bits per heavy atom. The van der Waals surface area contributed by atoms with Crippen LogP contribution < -0.4 is 10.5 Å². The quantitative estimate of drug-likeness (QED) is 0.852. The molecule has 0 radical (unpaired) electrons. The molecule has 2 nitrogen and oxygen atoms in total. The first-order chi connectivity index (χ1) is 6.72. The van der Waals surface area contributed by atoms with Gasteiger partial charge in [0.05, 0.1) is 22.0 Å². The van der Waals surface area contributed by atoms with E-state index >= 15 is 0 Å². The first-order valence-corrected chi connectivity index (χ1v) is 5.57. The maximum absolute atomic E-state index is 6.09. The third-order valence-electron chi connectivity index (χ3n) is 1.94. The van der Waals surface area contributed by atoms with Crippen LogP contribution in [0.2, 0.25) is 5.02 Å². The standard InChI is InChI=1S/C10H10ClNOS/c1-2-13-6-3-7-9(12)5-14-10(7)8(11)4-6/h3-5H,2,12H2,1H3. The lowest BCUT2D eigenvalue weighted by Crippen LogP contribution is -1.91. The molecule has 0 fully saturated rings. The van der Waals surface area contributed by atoms with Gasteiger partial charge in [-0.1, -0.05) is 11.6 Å². The average molecular weight is 228 g/mol. The van der Waals surface area contributed by atoms with Crippen LogP contribution in [0.15, 0.2) is 17.5 Å². The lowest BCUT2D eigenvalue weighted by molar-refractivity contribution is 0.341. The van der Waals surface area contributed by atoms with Crippen molar-refractivity contribution in [2.24, 2.45) is 0 Å². The Morgan fingerprint density at radius 1 is 1.50 bits per heavy atom. The van der Waals surface area contributed by atoms with Crippen LogP contribution in [-0.2, 0) is 0 Å². The number of hydrogen-bond donors (Lipinski definition) is 1. The molecule has 0 amide bonds. The van der Waals surface area contributed by atoms with E-state index in [4.69, 9.17) is 22.1 Å². The molecule has 1 heterocycles. The van der Waals surface area contributed by atoms with Crippen LogP contribution in [0.4, 0.5) is 5.69 Å². The summed E-state index contributed by atoms with van der Waals surface area (Å²) < 4.78 is 6.40. The van der Waals surface area contributed by atoms with Crippen molar-refractivity contribution >= 4 is 38.7 Å². The summed E-state index contributed by atoms with van der Waals surface area (Å²) >= 11 is 7.64. The zero-order chi connectivity index (χ0) is 10.1. The molecule has 0 bridgehead atoms. The van der Waals surface area contributed by atoms with Crippen LogP contribution in [0.3, 0.4) is 0 Å². The highest BCUT2D eigenvalue weighted by atomic mass is 35.5. The second-order valence-corrected chi connectivity index (χ2v) is 4.19. The van der Waals surface area contributed by atoms with Gasteiger partial charge in [0.25, 0.3) is 0 Å². The predicted octanol–water partition coefficient (Wildman–Crippen LogP) is 3.54. The van der Waals surface area contributed by atoms with Crippen LogP contribution in [0.25, 0.3) is 10.1 Å². The monoisotopic (exact) mass is 227 g/mol. The van der Waals surface area contributed by atoms with Gasteiger partial charge in [0, 0.05) is 16.8 Å². The number of nitrogens with two attached hydrogens (primary N) is 1. The molecule has 0 aliphatic rings. The second-order valence-electron chi connectivity index (χ2n) is 2.91. The Hall–Kier alpha value is -0.930. The number of ether oxygens (including phenoxy) is 1. The molecule has 2 N–H and O–H groups in total. The van der Waals surface area contributed by atoms with Gasteiger partial charge in [-0.05, 0) is 13.0 Å². The maximum Gasteiger partial charge on any atom is 0.121 e. The van der Waals surface area contributed by atoms with Crippen molar-refractivity contribution in [1.29, 1.82) is 0 Å². The molecule has 14 heavy (non-hydrogen) atoms. The van der Waals surface area contributed by atoms with Gasteiger partial charge in [-0.2, -0.15) is 0 Å². The summed E-state index contributed by atoms with van der Waals surface area (Å²) in [7, 11) is 0. The predicted molar refractivity (Wildman–Crippen MR) is 62.4 cm³/mol. The Labute approximate surface area is 91.2 Å². The van der Waals surface area contributed by atoms with Crippen molar-refractivity contribution in [2.75, 3.05) is 12.3 Å². The van der Waals surface area contributed by atoms with Crippen LogP contribution in [0, 0.1) is 0 Å². The molecule has 0 atom stereocenters. The van der Waals surface area contributed by atoms with Crippen LogP contribution in [-0.4, -0.2) is 6.61 Å². The fraction of sp³-hybridized carbons (Fsp3) is 0.200. The van der Waals surface area contributed by atoms with Gasteiger partial charge in [0.15, 0.2) is 0 Å². The molecule has 1 aromatic heterocycles. The fourth-order valence-corrected chi connectivity index (χ4v) is 2.53. The third-order valence-corrected chi connectivity index (χ3v) is 3.40. The lowest BCUT2D eigenvalue weighted by atomic mass is 10.2. The number of benzene rings is 1. The SMILES string of the molecule is CCOc1cc(Cl)c2scc(N)c2c1. The summed E-state index contributed by atoms with van der Waals surface area (Å²) in [4.78, 5) is 0. The van der Waals surface area contributed by atoms with Crippen molar-refractivity contribution < 1.29 is 4.74 Å². The summed E-state index contributed by atoms with van der Waals surface area (Å²) in [6, 6.07) is 3.75. The van der Waals surface area contributed by atoms with E-state index in [1.54, 1.807) is 11.3 Å². The van der Waals surface area contributed by atoms with Crippen molar-refractivity contribution in [2.45, 2.75) is 6.92 Å². The van der Waals surface area contributed by atoms with Crippen LogP contribution in [0.1, 0.15) is 6.92 Å². The molecule has 2 rings (SSSR count). The topological polar surface area (TPSA) is 35.2 Å². The number of fused-ring (bicyclic) bond motifs is 1. The smallest absolute Gasteiger partial charge is 0.121 e. The van der Waals surface area contributed by atoms with Gasteiger partial charge in [-0.25, -0.2) is 0 Å². The minimum absolute atomic E-state index is 0.631. The van der Waals surface area contributed by atoms with Gasteiger partial charge >= 0.3 is 0 Å². The molecule has 0 unspecified atom stereocenters. The first-order valence-electron chi connectivity index (χ1n) is 4.31. The van der Waals surface area contributed by atoms with Gasteiger partial charge < -0.3 is 10.5 Å². The van der Waals surface area contributed by atoms with E-state index in [2.05, 4.69) is 0 Å². The number of thiophene rings is 1. The first kappa shape index (κ1) is 9.62. The number of rotatable bonds is 2. The zero-order valence-electron chi connectivity index (χ0n) is 7.71. The maximum atomic E-state index is 6.09. The van der Waals surface area contributed by atoms with E-state index in [0.29, 0.717) is 11.6 Å². The van der Waals surface area contributed by atoms with E-state index in [1.807, 2.05) is 24.4 Å².